The fraction of sp³-hybridized carbons (Fsp3) is 0.333. The minimum Gasteiger partial charge on any atom is -0.507 e. The SMILES string of the molecule is CCOc1cc([C@H]2C(=C(O)c3ccc4c(c3)C[C@H](C)O4)C(=O)C(=O)N2c2nnc(SCc3ccc(F)cc3)s2)ccc1OCCC(C)C. The largest absolute Gasteiger partial charge is 0.507 e. The maximum atomic E-state index is 13.8. The molecule has 3 aromatic carbocycles. The monoisotopic (exact) mass is 689 g/mol. The van der Waals surface area contributed by atoms with E-state index in [1.807, 2.05) is 13.8 Å². The molecule has 2 atom stereocenters. The summed E-state index contributed by atoms with van der Waals surface area (Å²) in [7, 11) is 0. The highest BCUT2D eigenvalue weighted by atomic mass is 32.2. The van der Waals surface area contributed by atoms with Crippen LogP contribution < -0.4 is 19.1 Å². The Kier molecular flexibility index (Phi) is 10.0. The molecule has 2 aliphatic heterocycles. The molecule has 1 aromatic heterocycles. The number of aliphatic hydroxyl groups is 1. The van der Waals surface area contributed by atoms with Gasteiger partial charge in [0.15, 0.2) is 15.8 Å². The van der Waals surface area contributed by atoms with E-state index in [0.717, 1.165) is 34.6 Å². The maximum absolute atomic E-state index is 13.8. The van der Waals surface area contributed by atoms with Crippen molar-refractivity contribution in [1.29, 1.82) is 0 Å². The molecule has 0 unspecified atom stereocenters. The van der Waals surface area contributed by atoms with Gasteiger partial charge in [0.1, 0.15) is 23.4 Å². The molecule has 0 bridgehead atoms. The molecule has 6 rings (SSSR count). The number of aliphatic hydroxyl groups excluding tert-OH is 1. The quantitative estimate of drug-likeness (QED) is 0.0525. The first-order chi connectivity index (χ1) is 23.1. The lowest BCUT2D eigenvalue weighted by Crippen LogP contribution is -2.29. The van der Waals surface area contributed by atoms with Crippen molar-refractivity contribution in [3.05, 3.63) is 94.3 Å². The van der Waals surface area contributed by atoms with Gasteiger partial charge < -0.3 is 19.3 Å². The summed E-state index contributed by atoms with van der Waals surface area (Å²) in [4.78, 5) is 28.9. The molecule has 4 aromatic rings. The molecule has 48 heavy (non-hydrogen) atoms. The number of thioether (sulfide) groups is 1. The van der Waals surface area contributed by atoms with Gasteiger partial charge in [-0.3, -0.25) is 14.5 Å². The fourth-order valence-electron chi connectivity index (χ4n) is 5.64. The first-order valence-electron chi connectivity index (χ1n) is 15.8. The topological polar surface area (TPSA) is 111 Å². The minimum atomic E-state index is -1.03. The molecule has 1 amide bonds. The summed E-state index contributed by atoms with van der Waals surface area (Å²) in [5, 5.41) is 20.5. The second-order valence-corrected chi connectivity index (χ2v) is 14.2. The van der Waals surface area contributed by atoms with Crippen LogP contribution in [0.3, 0.4) is 0 Å². The van der Waals surface area contributed by atoms with E-state index >= 15 is 0 Å². The van der Waals surface area contributed by atoms with E-state index in [-0.39, 0.29) is 28.4 Å². The van der Waals surface area contributed by atoms with Crippen molar-refractivity contribution in [3.63, 3.8) is 0 Å². The van der Waals surface area contributed by atoms with Crippen LogP contribution in [0.1, 0.15) is 62.4 Å². The summed E-state index contributed by atoms with van der Waals surface area (Å²) in [6.45, 7) is 8.93. The average molecular weight is 690 g/mol. The van der Waals surface area contributed by atoms with Crippen LogP contribution in [0.15, 0.2) is 70.6 Å². The molecule has 1 saturated heterocycles. The van der Waals surface area contributed by atoms with Crippen LogP contribution in [0.2, 0.25) is 0 Å². The molecule has 3 heterocycles. The van der Waals surface area contributed by atoms with E-state index in [9.17, 15) is 19.1 Å². The highest BCUT2D eigenvalue weighted by Gasteiger charge is 2.48. The number of carbonyl (C=O) groups excluding carboxylic acids is 2. The number of anilines is 1. The molecule has 9 nitrogen and oxygen atoms in total. The van der Waals surface area contributed by atoms with E-state index < -0.39 is 17.7 Å². The number of Topliss-reactive ketones (excluding diaryl/α,β-unsaturated/α-hetero) is 1. The Balaban J connectivity index is 1.40. The van der Waals surface area contributed by atoms with Gasteiger partial charge >= 0.3 is 5.91 Å². The molecule has 0 radical (unpaired) electrons. The normalized spacial score (nSPS) is 18.3. The fourth-order valence-corrected chi connectivity index (χ4v) is 7.46. The maximum Gasteiger partial charge on any atom is 0.301 e. The molecule has 0 aliphatic carbocycles. The number of carbonyl (C=O) groups is 2. The lowest BCUT2D eigenvalue weighted by Gasteiger charge is -2.24. The zero-order valence-corrected chi connectivity index (χ0v) is 28.7. The summed E-state index contributed by atoms with van der Waals surface area (Å²) >= 11 is 2.54. The number of hydrogen-bond donors (Lipinski definition) is 1. The molecule has 1 fully saturated rings. The Morgan fingerprint density at radius 1 is 1.08 bits per heavy atom. The van der Waals surface area contributed by atoms with E-state index in [1.165, 1.54) is 28.8 Å². The number of halogens is 1. The highest BCUT2D eigenvalue weighted by molar-refractivity contribution is 8.00. The van der Waals surface area contributed by atoms with Gasteiger partial charge in [-0.15, -0.1) is 10.2 Å². The van der Waals surface area contributed by atoms with Gasteiger partial charge in [-0.2, -0.15) is 0 Å². The van der Waals surface area contributed by atoms with Crippen LogP contribution >= 0.6 is 23.1 Å². The van der Waals surface area contributed by atoms with Gasteiger partial charge in [-0.05, 0) is 85.3 Å². The van der Waals surface area contributed by atoms with Crippen molar-refractivity contribution in [3.8, 4) is 17.2 Å². The second kappa shape index (κ2) is 14.4. The third-order valence-corrected chi connectivity index (χ3v) is 10.2. The molecular formula is C36H36FN3O6S2. The van der Waals surface area contributed by atoms with Crippen molar-refractivity contribution in [2.45, 2.75) is 62.8 Å². The molecule has 1 N–H and O–H groups in total. The van der Waals surface area contributed by atoms with Crippen LogP contribution in [-0.4, -0.2) is 46.3 Å². The zero-order valence-electron chi connectivity index (χ0n) is 27.1. The number of nitrogens with zero attached hydrogens (tertiary/aromatic N) is 3. The minimum absolute atomic E-state index is 0.00578. The molecule has 0 spiro atoms. The number of amides is 1. The number of fused-ring (bicyclic) bond motifs is 1. The standard InChI is InChI=1S/C36H36FN3O6S2/c1-5-44-29-18-23(8-13-28(29)45-15-14-20(2)3)31-30(32(41)24-9-12-27-25(17-24)16-21(4)46-27)33(42)34(43)40(31)35-38-39-36(48-35)47-19-22-6-10-26(37)11-7-22/h6-13,17-18,20-21,31,41H,5,14-16,19H2,1-4H3/t21-,31-/m0/s1. The third-order valence-electron chi connectivity index (χ3n) is 8.03. The Morgan fingerprint density at radius 3 is 2.62 bits per heavy atom. The lowest BCUT2D eigenvalue weighted by atomic mass is 9.94. The van der Waals surface area contributed by atoms with Crippen LogP contribution in [0.4, 0.5) is 9.52 Å². The van der Waals surface area contributed by atoms with Gasteiger partial charge in [-0.1, -0.05) is 55.1 Å². The molecule has 250 valence electrons. The molecule has 0 saturated carbocycles. The lowest BCUT2D eigenvalue weighted by molar-refractivity contribution is -0.132. The Bertz CT molecular complexity index is 1860. The summed E-state index contributed by atoms with van der Waals surface area (Å²) in [5.41, 5.74) is 2.67. The second-order valence-electron chi connectivity index (χ2n) is 12.1. The number of ketones is 1. The van der Waals surface area contributed by atoms with Crippen molar-refractivity contribution in [2.24, 2.45) is 5.92 Å². The van der Waals surface area contributed by atoms with Crippen molar-refractivity contribution in [1.82, 2.24) is 10.2 Å². The first-order valence-corrected chi connectivity index (χ1v) is 17.6. The van der Waals surface area contributed by atoms with Crippen LogP contribution in [0.25, 0.3) is 5.76 Å². The Morgan fingerprint density at radius 2 is 1.88 bits per heavy atom. The zero-order chi connectivity index (χ0) is 33.9. The third kappa shape index (κ3) is 7.05. The summed E-state index contributed by atoms with van der Waals surface area (Å²) in [5.74, 6) is 0.408. The van der Waals surface area contributed by atoms with Gasteiger partial charge in [0, 0.05) is 17.7 Å². The van der Waals surface area contributed by atoms with Crippen molar-refractivity contribution < 1.29 is 33.3 Å². The number of hydrogen-bond acceptors (Lipinski definition) is 10. The van der Waals surface area contributed by atoms with Crippen molar-refractivity contribution >= 4 is 45.7 Å². The molecular weight excluding hydrogens is 654 g/mol. The molecule has 2 aliphatic rings. The van der Waals surface area contributed by atoms with Gasteiger partial charge in [0.25, 0.3) is 5.78 Å². The van der Waals surface area contributed by atoms with Crippen molar-refractivity contribution in [2.75, 3.05) is 18.1 Å². The first kappa shape index (κ1) is 33.5. The van der Waals surface area contributed by atoms with E-state index in [1.54, 1.807) is 48.5 Å². The van der Waals surface area contributed by atoms with Gasteiger partial charge in [0.05, 0.1) is 24.8 Å². The van der Waals surface area contributed by atoms with E-state index in [0.29, 0.717) is 58.3 Å². The van der Waals surface area contributed by atoms with Crippen LogP contribution in [0.5, 0.6) is 17.2 Å². The summed E-state index contributed by atoms with van der Waals surface area (Å²) in [6.07, 6.45) is 1.51. The molecule has 12 heteroatoms. The van der Waals surface area contributed by atoms with Gasteiger partial charge in [0.2, 0.25) is 5.13 Å². The predicted octanol–water partition coefficient (Wildman–Crippen LogP) is 7.74. The number of aromatic nitrogens is 2. The smallest absolute Gasteiger partial charge is 0.301 e. The number of rotatable bonds is 12. The highest BCUT2D eigenvalue weighted by Crippen LogP contribution is 2.46. The average Bonchev–Trinajstić information content (AvgIpc) is 3.75. The summed E-state index contributed by atoms with van der Waals surface area (Å²) in [6, 6.07) is 15.7. The van der Waals surface area contributed by atoms with E-state index in [4.69, 9.17) is 14.2 Å². The number of ether oxygens (including phenoxy) is 3. The number of benzene rings is 3. The van der Waals surface area contributed by atoms with E-state index in [2.05, 4.69) is 24.0 Å². The van der Waals surface area contributed by atoms with Crippen LogP contribution in [-0.2, 0) is 21.8 Å². The van der Waals surface area contributed by atoms with Crippen LogP contribution in [0, 0.1) is 11.7 Å². The Labute approximate surface area is 286 Å². The Hall–Kier alpha value is -4.42. The van der Waals surface area contributed by atoms with Gasteiger partial charge in [-0.25, -0.2) is 4.39 Å². The predicted molar refractivity (Wildman–Crippen MR) is 183 cm³/mol. The summed E-state index contributed by atoms with van der Waals surface area (Å²) < 4.78 is 31.8.